The minimum Gasteiger partial charge on any atom is -0.335 e. The molecule has 9 nitrogen and oxygen atoms in total. The van der Waals surface area contributed by atoms with Crippen molar-refractivity contribution in [3.05, 3.63) is 41.5 Å². The average molecular weight is 405 g/mol. The van der Waals surface area contributed by atoms with Crippen molar-refractivity contribution in [2.24, 2.45) is 0 Å². The van der Waals surface area contributed by atoms with Crippen molar-refractivity contribution in [2.75, 3.05) is 5.32 Å². The van der Waals surface area contributed by atoms with Crippen LogP contribution in [0.25, 0.3) is 22.4 Å². The molecule has 0 saturated heterocycles. The second kappa shape index (κ2) is 7.08. The van der Waals surface area contributed by atoms with Crippen molar-refractivity contribution in [1.82, 2.24) is 29.7 Å². The average Bonchev–Trinajstić information content (AvgIpc) is 3.19. The van der Waals surface area contributed by atoms with E-state index in [-0.39, 0.29) is 5.91 Å². The van der Waals surface area contributed by atoms with Gasteiger partial charge in [0.25, 0.3) is 11.6 Å². The molecule has 30 heavy (non-hydrogen) atoms. The smallest absolute Gasteiger partial charge is 0.259 e. The summed E-state index contributed by atoms with van der Waals surface area (Å²) in [7, 11) is 0. The molecule has 4 heterocycles. The molecule has 1 fully saturated rings. The zero-order valence-electron chi connectivity index (χ0n) is 17.2. The Kier molecular flexibility index (Phi) is 4.38. The molecule has 0 atom stereocenters. The Morgan fingerprint density at radius 1 is 1.30 bits per heavy atom. The van der Waals surface area contributed by atoms with E-state index >= 15 is 0 Å². The number of pyridine rings is 1. The fraction of sp³-hybridized carbons (Fsp3) is 0.381. The molecule has 5 rings (SSSR count). The molecule has 1 aliphatic rings. The molecule has 0 aliphatic heterocycles. The summed E-state index contributed by atoms with van der Waals surface area (Å²) in [5, 5.41) is 16.5. The van der Waals surface area contributed by atoms with Crippen molar-refractivity contribution in [3.8, 4) is 11.3 Å². The molecule has 154 valence electrons. The number of carbonyl (C=O) groups is 1. The summed E-state index contributed by atoms with van der Waals surface area (Å²) in [6.07, 6.45) is 5.74. The quantitative estimate of drug-likeness (QED) is 0.524. The number of nitrogens with zero attached hydrogens (tertiary/aromatic N) is 6. The largest absolute Gasteiger partial charge is 0.335 e. The number of anilines is 1. The van der Waals surface area contributed by atoms with Gasteiger partial charge in [0.1, 0.15) is 5.69 Å². The second-order valence-corrected chi connectivity index (χ2v) is 7.55. The van der Waals surface area contributed by atoms with E-state index in [1.807, 2.05) is 37.7 Å². The molecule has 0 bridgehead atoms. The maximum absolute atomic E-state index is 13.3. The molecule has 9 heteroatoms. The maximum atomic E-state index is 13.3. The third-order valence-electron chi connectivity index (χ3n) is 5.57. The Balaban J connectivity index is 1.63. The first-order chi connectivity index (χ1) is 14.6. The van der Waals surface area contributed by atoms with Crippen LogP contribution in [0.5, 0.6) is 0 Å². The fourth-order valence-corrected chi connectivity index (χ4v) is 3.71. The third kappa shape index (κ3) is 3.06. The van der Waals surface area contributed by atoms with Gasteiger partial charge in [-0.3, -0.25) is 14.2 Å². The Hall–Kier alpha value is -3.49. The van der Waals surface area contributed by atoms with Gasteiger partial charge in [-0.25, -0.2) is 4.98 Å². The minimum atomic E-state index is -0.254. The molecule has 1 N–H and O–H groups in total. The molecule has 1 aliphatic carbocycles. The van der Waals surface area contributed by atoms with Crippen LogP contribution in [0.2, 0.25) is 0 Å². The van der Waals surface area contributed by atoms with Crippen molar-refractivity contribution in [1.29, 1.82) is 0 Å². The molecule has 1 amide bonds. The van der Waals surface area contributed by atoms with Crippen LogP contribution < -0.4 is 5.32 Å². The van der Waals surface area contributed by atoms with Crippen LogP contribution in [0.3, 0.4) is 0 Å². The van der Waals surface area contributed by atoms with E-state index in [9.17, 15) is 4.79 Å². The lowest BCUT2D eigenvalue weighted by Gasteiger charge is -2.07. The van der Waals surface area contributed by atoms with Crippen molar-refractivity contribution in [2.45, 2.75) is 52.6 Å². The summed E-state index contributed by atoms with van der Waals surface area (Å²) >= 11 is 0. The number of amides is 1. The predicted octanol–water partition coefficient (Wildman–Crippen LogP) is 3.76. The Morgan fingerprint density at radius 2 is 2.13 bits per heavy atom. The van der Waals surface area contributed by atoms with Crippen molar-refractivity contribution < 1.29 is 9.32 Å². The first-order valence-corrected chi connectivity index (χ1v) is 10.3. The lowest BCUT2D eigenvalue weighted by molar-refractivity contribution is 0.102. The predicted molar refractivity (Wildman–Crippen MR) is 111 cm³/mol. The van der Waals surface area contributed by atoms with Crippen LogP contribution in [0.4, 0.5) is 5.82 Å². The molecule has 1 saturated carbocycles. The highest BCUT2D eigenvalue weighted by atomic mass is 16.5. The highest BCUT2D eigenvalue weighted by Crippen LogP contribution is 2.41. The summed E-state index contributed by atoms with van der Waals surface area (Å²) in [5.41, 5.74) is 4.12. The zero-order valence-corrected chi connectivity index (χ0v) is 17.2. The van der Waals surface area contributed by atoms with Crippen LogP contribution in [0.15, 0.2) is 29.0 Å². The molecule has 0 unspecified atom stereocenters. The Labute approximate surface area is 173 Å². The van der Waals surface area contributed by atoms with E-state index in [2.05, 4.69) is 25.7 Å². The van der Waals surface area contributed by atoms with Crippen molar-refractivity contribution in [3.63, 3.8) is 0 Å². The molecular formula is C21H23N7O2. The van der Waals surface area contributed by atoms with E-state index in [0.717, 1.165) is 42.9 Å². The fourth-order valence-electron chi connectivity index (χ4n) is 3.71. The lowest BCUT2D eigenvalue weighted by atomic mass is 10.0. The Bertz CT molecular complexity index is 1250. The van der Waals surface area contributed by atoms with Crippen LogP contribution in [-0.2, 0) is 13.1 Å². The lowest BCUT2D eigenvalue weighted by Crippen LogP contribution is -2.14. The van der Waals surface area contributed by atoms with Crippen LogP contribution >= 0.6 is 0 Å². The summed E-state index contributed by atoms with van der Waals surface area (Å²) in [4.78, 5) is 17.9. The number of aryl methyl sites for hydroxylation is 2. The monoisotopic (exact) mass is 405 g/mol. The second-order valence-electron chi connectivity index (χ2n) is 7.55. The van der Waals surface area contributed by atoms with Crippen LogP contribution in [-0.4, -0.2) is 35.6 Å². The number of fused-ring (bicyclic) bond motifs is 1. The summed E-state index contributed by atoms with van der Waals surface area (Å²) in [6, 6.07) is 3.65. The van der Waals surface area contributed by atoms with E-state index in [4.69, 9.17) is 4.52 Å². The van der Waals surface area contributed by atoms with Gasteiger partial charge in [0, 0.05) is 48.2 Å². The Morgan fingerprint density at radius 3 is 2.80 bits per heavy atom. The molecule has 4 aromatic rings. The first-order valence-electron chi connectivity index (χ1n) is 10.3. The number of hydrogen-bond acceptors (Lipinski definition) is 6. The highest BCUT2D eigenvalue weighted by Gasteiger charge is 2.30. The number of carbonyl (C=O) groups excluding carboxylic acids is 1. The van der Waals surface area contributed by atoms with E-state index in [0.29, 0.717) is 34.1 Å². The molecule has 0 aromatic carbocycles. The first kappa shape index (κ1) is 18.5. The summed E-state index contributed by atoms with van der Waals surface area (Å²) in [5.74, 6) is 0.627. The van der Waals surface area contributed by atoms with Crippen LogP contribution in [0, 0.1) is 6.92 Å². The van der Waals surface area contributed by atoms with Gasteiger partial charge in [-0.1, -0.05) is 5.16 Å². The maximum Gasteiger partial charge on any atom is 0.259 e. The SMILES string of the molecule is CCn1ccc(NC(=O)c2cc(C3CC3)nc3onc(-c4cnn(CC)c4C)c23)n1. The number of rotatable bonds is 6. The van der Waals surface area contributed by atoms with E-state index in [1.165, 1.54) is 0 Å². The van der Waals surface area contributed by atoms with Gasteiger partial charge in [0.05, 0.1) is 17.1 Å². The number of nitrogens with one attached hydrogen (secondary N) is 1. The van der Waals surface area contributed by atoms with Crippen molar-refractivity contribution >= 4 is 22.8 Å². The van der Waals surface area contributed by atoms with Crippen LogP contribution in [0.1, 0.15) is 54.4 Å². The standard InChI is InChI=1S/C21H23N7O2/c1-4-27-9-8-17(25-27)24-20(29)14-10-16(13-6-7-13)23-21-18(14)19(26-30-21)15-11-22-28(5-2)12(15)3/h8-11,13H,4-7H2,1-3H3,(H,24,25,29). The molecular weight excluding hydrogens is 382 g/mol. The zero-order chi connectivity index (χ0) is 20.8. The molecule has 0 radical (unpaired) electrons. The number of aromatic nitrogens is 6. The summed E-state index contributed by atoms with van der Waals surface area (Å²) < 4.78 is 9.24. The van der Waals surface area contributed by atoms with Gasteiger partial charge in [-0.2, -0.15) is 10.2 Å². The minimum absolute atomic E-state index is 0.254. The van der Waals surface area contributed by atoms with Gasteiger partial charge >= 0.3 is 0 Å². The van der Waals surface area contributed by atoms with Gasteiger partial charge in [-0.15, -0.1) is 0 Å². The van der Waals surface area contributed by atoms with Gasteiger partial charge < -0.3 is 9.84 Å². The van der Waals surface area contributed by atoms with Gasteiger partial charge in [0.15, 0.2) is 5.82 Å². The highest BCUT2D eigenvalue weighted by molar-refractivity contribution is 6.14. The van der Waals surface area contributed by atoms with E-state index < -0.39 is 0 Å². The van der Waals surface area contributed by atoms with Gasteiger partial charge in [0.2, 0.25) is 0 Å². The number of hydrogen-bond donors (Lipinski definition) is 1. The third-order valence-corrected chi connectivity index (χ3v) is 5.57. The van der Waals surface area contributed by atoms with Gasteiger partial charge in [-0.05, 0) is 39.7 Å². The molecule has 0 spiro atoms. The topological polar surface area (TPSA) is 104 Å². The molecule has 4 aromatic heterocycles. The normalized spacial score (nSPS) is 13.8. The summed E-state index contributed by atoms with van der Waals surface area (Å²) in [6.45, 7) is 7.49. The van der Waals surface area contributed by atoms with E-state index in [1.54, 1.807) is 16.9 Å².